The van der Waals surface area contributed by atoms with Gasteiger partial charge in [-0.05, 0) is 6.92 Å². The molecule has 0 aromatic carbocycles. The molecule has 0 saturated carbocycles. The lowest BCUT2D eigenvalue weighted by atomic mass is 10.3. The van der Waals surface area contributed by atoms with Gasteiger partial charge < -0.3 is 9.84 Å². The molecule has 0 saturated heterocycles. The molecule has 0 amide bonds. The first-order valence-electron chi connectivity index (χ1n) is 4.47. The van der Waals surface area contributed by atoms with Crippen LogP contribution in [0.25, 0.3) is 0 Å². The molecule has 0 aliphatic carbocycles. The van der Waals surface area contributed by atoms with Gasteiger partial charge in [0.1, 0.15) is 6.10 Å². The SMILES string of the molecule is C=CC[C@H](C)Oc1nccnc1C(=O)O. The van der Waals surface area contributed by atoms with Crippen molar-refractivity contribution in [1.82, 2.24) is 9.97 Å². The molecule has 5 heteroatoms. The Morgan fingerprint density at radius 1 is 1.67 bits per heavy atom. The van der Waals surface area contributed by atoms with Gasteiger partial charge in [-0.1, -0.05) is 6.08 Å². The summed E-state index contributed by atoms with van der Waals surface area (Å²) in [4.78, 5) is 18.3. The Bertz CT molecular complexity index is 365. The number of aromatic nitrogens is 2. The number of rotatable bonds is 5. The van der Waals surface area contributed by atoms with Gasteiger partial charge in [-0.25, -0.2) is 14.8 Å². The van der Waals surface area contributed by atoms with Crippen molar-refractivity contribution in [2.45, 2.75) is 19.4 Å². The maximum atomic E-state index is 10.8. The Morgan fingerprint density at radius 3 is 2.93 bits per heavy atom. The van der Waals surface area contributed by atoms with Crippen LogP contribution in [-0.4, -0.2) is 27.1 Å². The lowest BCUT2D eigenvalue weighted by Crippen LogP contribution is -2.15. The third-order valence-corrected chi connectivity index (χ3v) is 1.68. The zero-order chi connectivity index (χ0) is 11.3. The van der Waals surface area contributed by atoms with Crippen LogP contribution >= 0.6 is 0 Å². The van der Waals surface area contributed by atoms with Crippen molar-refractivity contribution in [2.24, 2.45) is 0 Å². The highest BCUT2D eigenvalue weighted by Gasteiger charge is 2.15. The van der Waals surface area contributed by atoms with Crippen LogP contribution in [-0.2, 0) is 0 Å². The van der Waals surface area contributed by atoms with Gasteiger partial charge >= 0.3 is 5.97 Å². The van der Waals surface area contributed by atoms with Crippen LogP contribution in [0.5, 0.6) is 5.88 Å². The molecule has 1 N–H and O–H groups in total. The van der Waals surface area contributed by atoms with Crippen molar-refractivity contribution < 1.29 is 14.6 Å². The number of hydrogen-bond acceptors (Lipinski definition) is 4. The lowest BCUT2D eigenvalue weighted by molar-refractivity contribution is 0.0681. The van der Waals surface area contributed by atoms with Crippen molar-refractivity contribution >= 4 is 5.97 Å². The van der Waals surface area contributed by atoms with Crippen LogP contribution in [0.1, 0.15) is 23.8 Å². The van der Waals surface area contributed by atoms with Gasteiger partial charge in [0.05, 0.1) is 0 Å². The second-order valence-electron chi connectivity index (χ2n) is 2.97. The molecule has 1 aromatic rings. The minimum atomic E-state index is -1.15. The Kier molecular flexibility index (Phi) is 3.79. The van der Waals surface area contributed by atoms with Gasteiger partial charge in [-0.3, -0.25) is 0 Å². The first-order valence-corrected chi connectivity index (χ1v) is 4.47. The van der Waals surface area contributed by atoms with E-state index in [4.69, 9.17) is 9.84 Å². The quantitative estimate of drug-likeness (QED) is 0.742. The summed E-state index contributed by atoms with van der Waals surface area (Å²) in [5.41, 5.74) is -0.173. The van der Waals surface area contributed by atoms with Gasteiger partial charge in [-0.15, -0.1) is 6.58 Å². The van der Waals surface area contributed by atoms with E-state index in [1.54, 1.807) is 6.08 Å². The Hall–Kier alpha value is -1.91. The fourth-order valence-corrected chi connectivity index (χ4v) is 1.03. The summed E-state index contributed by atoms with van der Waals surface area (Å²) >= 11 is 0. The van der Waals surface area contributed by atoms with Crippen LogP contribution in [0.3, 0.4) is 0 Å². The first kappa shape index (κ1) is 11.2. The summed E-state index contributed by atoms with van der Waals surface area (Å²) in [5.74, 6) is -1.11. The fraction of sp³-hybridized carbons (Fsp3) is 0.300. The third-order valence-electron chi connectivity index (χ3n) is 1.68. The Morgan fingerprint density at radius 2 is 2.33 bits per heavy atom. The molecule has 0 radical (unpaired) electrons. The number of hydrogen-bond donors (Lipinski definition) is 1. The summed E-state index contributed by atoms with van der Waals surface area (Å²) in [6.45, 7) is 5.37. The molecule has 0 spiro atoms. The molecule has 1 atom stereocenters. The fourth-order valence-electron chi connectivity index (χ4n) is 1.03. The van der Waals surface area contributed by atoms with Crippen molar-refractivity contribution in [3.05, 3.63) is 30.7 Å². The van der Waals surface area contributed by atoms with Gasteiger partial charge in [0.25, 0.3) is 0 Å². The van der Waals surface area contributed by atoms with E-state index in [2.05, 4.69) is 16.5 Å². The summed E-state index contributed by atoms with van der Waals surface area (Å²) in [6.07, 6.45) is 4.85. The molecule has 1 rings (SSSR count). The van der Waals surface area contributed by atoms with E-state index < -0.39 is 5.97 Å². The molecule has 0 aliphatic rings. The monoisotopic (exact) mass is 208 g/mol. The molecule has 5 nitrogen and oxygen atoms in total. The summed E-state index contributed by atoms with van der Waals surface area (Å²) in [7, 11) is 0. The summed E-state index contributed by atoms with van der Waals surface area (Å²) < 4.78 is 5.32. The largest absolute Gasteiger partial charge is 0.476 e. The second kappa shape index (κ2) is 5.09. The predicted molar refractivity (Wildman–Crippen MR) is 53.9 cm³/mol. The maximum absolute atomic E-state index is 10.8. The molecular formula is C10H12N2O3. The number of carboxylic acids is 1. The van der Waals surface area contributed by atoms with Crippen LogP contribution in [0.2, 0.25) is 0 Å². The minimum absolute atomic E-state index is 0.0411. The molecule has 15 heavy (non-hydrogen) atoms. The third kappa shape index (κ3) is 3.05. The topological polar surface area (TPSA) is 72.3 Å². The first-order chi connectivity index (χ1) is 7.15. The Labute approximate surface area is 87.4 Å². The van der Waals surface area contributed by atoms with Crippen molar-refractivity contribution in [1.29, 1.82) is 0 Å². The van der Waals surface area contributed by atoms with E-state index in [0.717, 1.165) is 0 Å². The number of carbonyl (C=O) groups is 1. The lowest BCUT2D eigenvalue weighted by Gasteiger charge is -2.12. The van der Waals surface area contributed by atoms with Gasteiger partial charge in [0, 0.05) is 18.8 Å². The standard InChI is InChI=1S/C10H12N2O3/c1-3-4-7(2)15-9-8(10(13)14)11-5-6-12-9/h3,5-7H,1,4H2,2H3,(H,13,14)/t7-/m0/s1. The van der Waals surface area contributed by atoms with Crippen molar-refractivity contribution in [2.75, 3.05) is 0 Å². The molecule has 80 valence electrons. The maximum Gasteiger partial charge on any atom is 0.360 e. The molecule has 0 fully saturated rings. The zero-order valence-corrected chi connectivity index (χ0v) is 8.38. The van der Waals surface area contributed by atoms with E-state index in [1.807, 2.05) is 6.92 Å². The molecule has 1 aromatic heterocycles. The highest BCUT2D eigenvalue weighted by Crippen LogP contribution is 2.14. The van der Waals surface area contributed by atoms with Gasteiger partial charge in [0.2, 0.25) is 11.6 Å². The van der Waals surface area contributed by atoms with Crippen molar-refractivity contribution in [3.63, 3.8) is 0 Å². The predicted octanol–water partition coefficient (Wildman–Crippen LogP) is 1.52. The number of aromatic carboxylic acids is 1. The van der Waals surface area contributed by atoms with Crippen LogP contribution in [0.15, 0.2) is 25.0 Å². The van der Waals surface area contributed by atoms with E-state index in [0.29, 0.717) is 6.42 Å². The van der Waals surface area contributed by atoms with Crippen LogP contribution in [0, 0.1) is 0 Å². The smallest absolute Gasteiger partial charge is 0.360 e. The van der Waals surface area contributed by atoms with E-state index in [-0.39, 0.29) is 17.7 Å². The Balaban J connectivity index is 2.84. The highest BCUT2D eigenvalue weighted by molar-refractivity contribution is 5.87. The van der Waals surface area contributed by atoms with Crippen LogP contribution in [0.4, 0.5) is 0 Å². The molecule has 1 heterocycles. The number of nitrogens with zero attached hydrogens (tertiary/aromatic N) is 2. The normalized spacial score (nSPS) is 11.8. The van der Waals surface area contributed by atoms with Crippen LogP contribution < -0.4 is 4.74 Å². The molecule has 0 bridgehead atoms. The average molecular weight is 208 g/mol. The number of ether oxygens (including phenoxy) is 1. The van der Waals surface area contributed by atoms with Gasteiger partial charge in [0.15, 0.2) is 0 Å². The second-order valence-corrected chi connectivity index (χ2v) is 2.97. The summed E-state index contributed by atoms with van der Waals surface area (Å²) in [6, 6.07) is 0. The highest BCUT2D eigenvalue weighted by atomic mass is 16.5. The van der Waals surface area contributed by atoms with E-state index >= 15 is 0 Å². The molecule has 0 aliphatic heterocycles. The average Bonchev–Trinajstić information content (AvgIpc) is 2.18. The van der Waals surface area contributed by atoms with E-state index in [9.17, 15) is 4.79 Å². The van der Waals surface area contributed by atoms with Crippen molar-refractivity contribution in [3.8, 4) is 5.88 Å². The molecular weight excluding hydrogens is 196 g/mol. The zero-order valence-electron chi connectivity index (χ0n) is 8.38. The van der Waals surface area contributed by atoms with E-state index in [1.165, 1.54) is 12.4 Å². The minimum Gasteiger partial charge on any atom is -0.476 e. The van der Waals surface area contributed by atoms with Gasteiger partial charge in [-0.2, -0.15) is 0 Å². The number of carboxylic acid groups (broad SMARTS) is 1. The summed E-state index contributed by atoms with van der Waals surface area (Å²) in [5, 5.41) is 8.81. The molecule has 0 unspecified atom stereocenters.